The Morgan fingerprint density at radius 3 is 2.75 bits per heavy atom. The molecule has 2 aromatic carbocycles. The van der Waals surface area contributed by atoms with Gasteiger partial charge in [0.15, 0.2) is 0 Å². The number of anilines is 1. The van der Waals surface area contributed by atoms with Gasteiger partial charge in [0.1, 0.15) is 0 Å². The summed E-state index contributed by atoms with van der Waals surface area (Å²) in [6, 6.07) is 14.7. The fourth-order valence-electron chi connectivity index (χ4n) is 3.23. The van der Waals surface area contributed by atoms with E-state index < -0.39 is 0 Å². The third kappa shape index (κ3) is 3.99. The number of rotatable bonds is 3. The highest BCUT2D eigenvalue weighted by molar-refractivity contribution is 9.10. The van der Waals surface area contributed by atoms with E-state index in [0.717, 1.165) is 21.3 Å². The number of halogens is 2. The van der Waals surface area contributed by atoms with Gasteiger partial charge in [-0.05, 0) is 59.3 Å². The first-order chi connectivity index (χ1) is 13.5. The maximum absolute atomic E-state index is 12.6. The first kappa shape index (κ1) is 19.2. The normalized spacial score (nSPS) is 13.1. The van der Waals surface area contributed by atoms with Gasteiger partial charge in [-0.15, -0.1) is 11.3 Å². The molecule has 0 radical (unpaired) electrons. The molecule has 0 unspecified atom stereocenters. The van der Waals surface area contributed by atoms with Crippen molar-refractivity contribution in [2.75, 3.05) is 11.9 Å². The zero-order valence-corrected chi connectivity index (χ0v) is 17.9. The highest BCUT2D eigenvalue weighted by Crippen LogP contribution is 2.26. The smallest absolute Gasteiger partial charge is 0.264 e. The fourth-order valence-corrected chi connectivity index (χ4v) is 4.49. The molecule has 7 heteroatoms. The van der Waals surface area contributed by atoms with E-state index in [9.17, 15) is 9.59 Å². The average Bonchev–Trinajstić information content (AvgIpc) is 3.23. The minimum absolute atomic E-state index is 0.0519. The van der Waals surface area contributed by atoms with Crippen LogP contribution in [0.1, 0.15) is 31.2 Å². The van der Waals surface area contributed by atoms with Gasteiger partial charge in [-0.3, -0.25) is 9.59 Å². The van der Waals surface area contributed by atoms with Crippen molar-refractivity contribution in [3.8, 4) is 0 Å². The quantitative estimate of drug-likeness (QED) is 0.535. The molecule has 1 aliphatic heterocycles. The van der Waals surface area contributed by atoms with Crippen molar-refractivity contribution in [2.45, 2.75) is 13.0 Å². The fraction of sp³-hybridized carbons (Fsp3) is 0.143. The molecule has 0 bridgehead atoms. The molecule has 0 saturated carbocycles. The first-order valence-corrected chi connectivity index (χ1v) is 10.8. The number of thiophene rings is 1. The molecule has 4 rings (SSSR count). The average molecular weight is 476 g/mol. The second-order valence-corrected chi connectivity index (χ2v) is 8.79. The predicted octanol–water partition coefficient (Wildman–Crippen LogP) is 5.61. The lowest BCUT2D eigenvalue weighted by Crippen LogP contribution is -2.35. The van der Waals surface area contributed by atoms with Crippen LogP contribution >= 0.6 is 38.9 Å². The van der Waals surface area contributed by atoms with E-state index in [1.165, 1.54) is 16.9 Å². The molecule has 3 aromatic rings. The van der Waals surface area contributed by atoms with Crippen LogP contribution in [0.25, 0.3) is 0 Å². The second-order valence-electron chi connectivity index (χ2n) is 6.52. The lowest BCUT2D eigenvalue weighted by Gasteiger charge is -2.29. The number of carbonyl (C=O) groups excluding carboxylic acids is 2. The molecule has 142 valence electrons. The van der Waals surface area contributed by atoms with E-state index in [2.05, 4.69) is 21.2 Å². The van der Waals surface area contributed by atoms with Crippen LogP contribution in [0.4, 0.5) is 5.69 Å². The van der Waals surface area contributed by atoms with Crippen LogP contribution in [0, 0.1) is 0 Å². The van der Waals surface area contributed by atoms with Crippen LogP contribution in [0.5, 0.6) is 0 Å². The molecule has 2 heterocycles. The zero-order chi connectivity index (χ0) is 19.7. The molecule has 2 amide bonds. The van der Waals surface area contributed by atoms with Crippen molar-refractivity contribution in [3.63, 3.8) is 0 Å². The van der Waals surface area contributed by atoms with E-state index in [-0.39, 0.29) is 11.8 Å². The summed E-state index contributed by atoms with van der Waals surface area (Å²) in [5.41, 5.74) is 3.34. The third-order valence-electron chi connectivity index (χ3n) is 4.67. The van der Waals surface area contributed by atoms with Crippen molar-refractivity contribution >= 4 is 56.4 Å². The molecule has 28 heavy (non-hydrogen) atoms. The van der Waals surface area contributed by atoms with E-state index in [4.69, 9.17) is 11.6 Å². The molecule has 0 atom stereocenters. The summed E-state index contributed by atoms with van der Waals surface area (Å²) in [6.45, 7) is 1.23. The van der Waals surface area contributed by atoms with E-state index in [1.807, 2.05) is 40.6 Å². The lowest BCUT2D eigenvalue weighted by molar-refractivity contribution is 0.0739. The maximum Gasteiger partial charge on any atom is 0.264 e. The topological polar surface area (TPSA) is 49.4 Å². The Hall–Kier alpha value is -2.15. The van der Waals surface area contributed by atoms with Gasteiger partial charge in [0.05, 0.1) is 15.5 Å². The Balaban J connectivity index is 1.52. The summed E-state index contributed by atoms with van der Waals surface area (Å²) >= 11 is 11.0. The second kappa shape index (κ2) is 8.07. The summed E-state index contributed by atoms with van der Waals surface area (Å²) in [7, 11) is 0. The Labute approximate surface area is 180 Å². The molecule has 0 fully saturated rings. The van der Waals surface area contributed by atoms with Crippen LogP contribution in [0.3, 0.4) is 0 Å². The summed E-state index contributed by atoms with van der Waals surface area (Å²) in [5.74, 6) is -0.218. The van der Waals surface area contributed by atoms with Crippen LogP contribution in [-0.4, -0.2) is 23.3 Å². The Kier molecular flexibility index (Phi) is 5.53. The van der Waals surface area contributed by atoms with Gasteiger partial charge >= 0.3 is 0 Å². The van der Waals surface area contributed by atoms with E-state index >= 15 is 0 Å². The molecule has 1 aliphatic rings. The highest BCUT2D eigenvalue weighted by atomic mass is 79.9. The van der Waals surface area contributed by atoms with Gasteiger partial charge < -0.3 is 10.2 Å². The van der Waals surface area contributed by atoms with Gasteiger partial charge in [-0.2, -0.15) is 0 Å². The number of benzene rings is 2. The van der Waals surface area contributed by atoms with E-state index in [1.54, 1.807) is 18.2 Å². The van der Waals surface area contributed by atoms with E-state index in [0.29, 0.717) is 29.4 Å². The first-order valence-electron chi connectivity index (χ1n) is 8.72. The minimum atomic E-state index is -0.270. The molecule has 4 nitrogen and oxygen atoms in total. The third-order valence-corrected chi connectivity index (χ3v) is 6.35. The van der Waals surface area contributed by atoms with Gasteiger partial charge in [-0.25, -0.2) is 0 Å². The van der Waals surface area contributed by atoms with Crippen LogP contribution in [0.15, 0.2) is 58.4 Å². The molecule has 0 saturated heterocycles. The zero-order valence-electron chi connectivity index (χ0n) is 14.7. The molecule has 0 spiro atoms. The Morgan fingerprint density at radius 1 is 1.11 bits per heavy atom. The summed E-state index contributed by atoms with van der Waals surface area (Å²) in [6.07, 6.45) is 0.804. The monoisotopic (exact) mass is 474 g/mol. The molecule has 1 N–H and O–H groups in total. The number of carbonyl (C=O) groups is 2. The van der Waals surface area contributed by atoms with Crippen LogP contribution in [0.2, 0.25) is 5.02 Å². The number of amides is 2. The number of nitrogens with zero attached hydrogens (tertiary/aromatic N) is 1. The highest BCUT2D eigenvalue weighted by Gasteiger charge is 2.23. The molecular weight excluding hydrogens is 460 g/mol. The van der Waals surface area contributed by atoms with Gasteiger partial charge in [0.25, 0.3) is 11.8 Å². The van der Waals surface area contributed by atoms with Crippen LogP contribution in [-0.2, 0) is 13.0 Å². The summed E-state index contributed by atoms with van der Waals surface area (Å²) < 4.78 is 0.787. The lowest BCUT2D eigenvalue weighted by atomic mass is 9.98. The number of hydrogen-bond acceptors (Lipinski definition) is 3. The minimum Gasteiger partial charge on any atom is -0.333 e. The predicted molar refractivity (Wildman–Crippen MR) is 116 cm³/mol. The largest absolute Gasteiger partial charge is 0.333 e. The number of fused-ring (bicyclic) bond motifs is 1. The summed E-state index contributed by atoms with van der Waals surface area (Å²) in [4.78, 5) is 27.8. The van der Waals surface area contributed by atoms with Gasteiger partial charge in [-0.1, -0.05) is 39.7 Å². The number of hydrogen-bond donors (Lipinski definition) is 1. The molecular formula is C21H16BrClN2O2S. The van der Waals surface area contributed by atoms with Crippen molar-refractivity contribution in [3.05, 3.63) is 85.0 Å². The Bertz CT molecular complexity index is 1050. The van der Waals surface area contributed by atoms with Gasteiger partial charge in [0, 0.05) is 23.2 Å². The van der Waals surface area contributed by atoms with Crippen molar-refractivity contribution in [2.24, 2.45) is 0 Å². The van der Waals surface area contributed by atoms with Crippen LogP contribution < -0.4 is 5.32 Å². The SMILES string of the molecule is O=C(Nc1ccc2c(c1)CN(C(=O)c1cccs1)CC2)c1cc(Br)ccc1Cl. The van der Waals surface area contributed by atoms with Crippen molar-refractivity contribution < 1.29 is 9.59 Å². The van der Waals surface area contributed by atoms with Crippen molar-refractivity contribution in [1.82, 2.24) is 4.90 Å². The summed E-state index contributed by atoms with van der Waals surface area (Å²) in [5, 5.41) is 5.21. The maximum atomic E-state index is 12.6. The van der Waals surface area contributed by atoms with Gasteiger partial charge in [0.2, 0.25) is 0 Å². The molecule has 0 aliphatic carbocycles. The Morgan fingerprint density at radius 2 is 1.96 bits per heavy atom. The molecule has 1 aromatic heterocycles. The standard InChI is InChI=1S/C21H16BrClN2O2S/c22-15-4-6-18(23)17(11-15)20(26)24-16-5-3-13-7-8-25(12-14(13)10-16)21(27)19-2-1-9-28-19/h1-6,9-11H,7-8,12H2,(H,24,26). The number of nitrogens with one attached hydrogen (secondary N) is 1. The van der Waals surface area contributed by atoms with Crippen molar-refractivity contribution in [1.29, 1.82) is 0 Å².